The van der Waals surface area contributed by atoms with Crippen LogP contribution in [0, 0.1) is 0 Å². The molecule has 0 aromatic carbocycles. The van der Waals surface area contributed by atoms with Crippen LogP contribution in [0.3, 0.4) is 0 Å². The molecule has 1 fully saturated rings. The average Bonchev–Trinajstić information content (AvgIpc) is 2.92. The van der Waals surface area contributed by atoms with E-state index in [-0.39, 0.29) is 12.6 Å². The minimum Gasteiger partial charge on any atom is -0.394 e. The van der Waals surface area contributed by atoms with E-state index in [0.717, 1.165) is 25.9 Å². The van der Waals surface area contributed by atoms with Gasteiger partial charge in [-0.1, -0.05) is 0 Å². The number of hydrogen-bond acceptors (Lipinski definition) is 8. The number of aliphatic hydroxyl groups excluding tert-OH is 1. The highest BCUT2D eigenvalue weighted by atomic mass is 16.3. The summed E-state index contributed by atoms with van der Waals surface area (Å²) in [7, 11) is 0. The second-order valence-corrected chi connectivity index (χ2v) is 4.35. The van der Waals surface area contributed by atoms with E-state index in [1.807, 2.05) is 6.92 Å². The zero-order valence-corrected chi connectivity index (χ0v) is 10.4. The van der Waals surface area contributed by atoms with E-state index in [1.165, 1.54) is 0 Å². The highest BCUT2D eigenvalue weighted by Crippen LogP contribution is 2.18. The molecule has 1 unspecified atom stereocenters. The Morgan fingerprint density at radius 3 is 2.56 bits per heavy atom. The molecule has 0 aliphatic carbocycles. The molecule has 18 heavy (non-hydrogen) atoms. The van der Waals surface area contributed by atoms with Crippen molar-refractivity contribution in [1.29, 1.82) is 0 Å². The second-order valence-electron chi connectivity index (χ2n) is 4.35. The van der Waals surface area contributed by atoms with E-state index in [1.54, 1.807) is 0 Å². The Hall–Kier alpha value is -1.67. The zero-order valence-electron chi connectivity index (χ0n) is 10.4. The molecule has 0 bridgehead atoms. The SMILES string of the molecule is CC(CO)Nc1nc(NN)nc(N2CCCC2)n1. The minimum atomic E-state index is -0.121. The fraction of sp³-hybridized carbons (Fsp3) is 0.700. The first kappa shape index (κ1) is 12.8. The largest absolute Gasteiger partial charge is 0.394 e. The summed E-state index contributed by atoms with van der Waals surface area (Å²) in [6.45, 7) is 3.75. The number of nitrogens with one attached hydrogen (secondary N) is 2. The molecule has 1 aromatic heterocycles. The molecular formula is C10H19N7O. The maximum atomic E-state index is 9.02. The Morgan fingerprint density at radius 1 is 1.28 bits per heavy atom. The average molecular weight is 253 g/mol. The number of aliphatic hydroxyl groups is 1. The number of anilines is 3. The number of nitrogen functional groups attached to an aromatic ring is 1. The predicted octanol–water partition coefficient (Wildman–Crippen LogP) is -0.450. The van der Waals surface area contributed by atoms with Crippen LogP contribution in [0.25, 0.3) is 0 Å². The van der Waals surface area contributed by atoms with Crippen molar-refractivity contribution in [2.45, 2.75) is 25.8 Å². The molecule has 5 N–H and O–H groups in total. The van der Waals surface area contributed by atoms with Crippen LogP contribution in [0.5, 0.6) is 0 Å². The van der Waals surface area contributed by atoms with Crippen LogP contribution in [0.4, 0.5) is 17.8 Å². The molecule has 1 aromatic rings. The summed E-state index contributed by atoms with van der Waals surface area (Å²) in [6, 6.07) is -0.121. The molecule has 1 saturated heterocycles. The molecule has 0 radical (unpaired) electrons. The lowest BCUT2D eigenvalue weighted by Gasteiger charge is -2.17. The van der Waals surface area contributed by atoms with Gasteiger partial charge < -0.3 is 15.3 Å². The molecule has 1 aliphatic rings. The smallest absolute Gasteiger partial charge is 0.243 e. The van der Waals surface area contributed by atoms with E-state index in [0.29, 0.717) is 17.8 Å². The molecule has 0 spiro atoms. The fourth-order valence-electron chi connectivity index (χ4n) is 1.82. The summed E-state index contributed by atoms with van der Waals surface area (Å²) in [5.74, 6) is 6.70. The monoisotopic (exact) mass is 253 g/mol. The summed E-state index contributed by atoms with van der Waals surface area (Å²) in [5, 5.41) is 12.0. The predicted molar refractivity (Wildman–Crippen MR) is 69.3 cm³/mol. The number of hydrazine groups is 1. The number of nitrogens with two attached hydrogens (primary N) is 1. The van der Waals surface area contributed by atoms with Crippen molar-refractivity contribution < 1.29 is 5.11 Å². The molecule has 100 valence electrons. The third-order valence-electron chi connectivity index (χ3n) is 2.79. The van der Waals surface area contributed by atoms with Crippen molar-refractivity contribution in [3.8, 4) is 0 Å². The van der Waals surface area contributed by atoms with E-state index < -0.39 is 0 Å². The molecule has 1 atom stereocenters. The van der Waals surface area contributed by atoms with Crippen LogP contribution in [0.2, 0.25) is 0 Å². The number of hydrogen-bond donors (Lipinski definition) is 4. The number of nitrogens with zero attached hydrogens (tertiary/aromatic N) is 4. The van der Waals surface area contributed by atoms with Crippen LogP contribution in [-0.4, -0.2) is 45.8 Å². The summed E-state index contributed by atoms with van der Waals surface area (Å²) < 4.78 is 0. The van der Waals surface area contributed by atoms with Gasteiger partial charge in [0.1, 0.15) is 0 Å². The summed E-state index contributed by atoms with van der Waals surface area (Å²) in [5.41, 5.74) is 2.43. The molecule has 2 heterocycles. The molecule has 0 saturated carbocycles. The molecule has 2 rings (SSSR count). The highest BCUT2D eigenvalue weighted by Gasteiger charge is 2.17. The van der Waals surface area contributed by atoms with Crippen LogP contribution in [-0.2, 0) is 0 Å². The Labute approximate surface area is 106 Å². The maximum Gasteiger partial charge on any atom is 0.243 e. The van der Waals surface area contributed by atoms with E-state index >= 15 is 0 Å². The van der Waals surface area contributed by atoms with Gasteiger partial charge in [-0.15, -0.1) is 0 Å². The van der Waals surface area contributed by atoms with Gasteiger partial charge in [0.15, 0.2) is 0 Å². The summed E-state index contributed by atoms with van der Waals surface area (Å²) in [6.07, 6.45) is 2.29. The topological polar surface area (TPSA) is 112 Å². The lowest BCUT2D eigenvalue weighted by atomic mass is 10.4. The highest BCUT2D eigenvalue weighted by molar-refractivity contribution is 5.44. The lowest BCUT2D eigenvalue weighted by molar-refractivity contribution is 0.281. The van der Waals surface area contributed by atoms with Crippen molar-refractivity contribution >= 4 is 17.8 Å². The summed E-state index contributed by atoms with van der Waals surface area (Å²) >= 11 is 0. The van der Waals surface area contributed by atoms with Crippen molar-refractivity contribution in [3.05, 3.63) is 0 Å². The molecular weight excluding hydrogens is 234 g/mol. The second kappa shape index (κ2) is 5.78. The van der Waals surface area contributed by atoms with Crippen LogP contribution < -0.4 is 21.5 Å². The molecule has 0 amide bonds. The Balaban J connectivity index is 2.20. The normalized spacial score (nSPS) is 16.7. The quantitative estimate of drug-likeness (QED) is 0.412. The molecule has 8 heteroatoms. The lowest BCUT2D eigenvalue weighted by Crippen LogP contribution is -2.26. The Kier molecular flexibility index (Phi) is 4.11. The first-order valence-corrected chi connectivity index (χ1v) is 6.08. The van der Waals surface area contributed by atoms with Crippen LogP contribution in [0.1, 0.15) is 19.8 Å². The summed E-state index contributed by atoms with van der Waals surface area (Å²) in [4.78, 5) is 14.8. The van der Waals surface area contributed by atoms with Crippen LogP contribution >= 0.6 is 0 Å². The van der Waals surface area contributed by atoms with Gasteiger partial charge in [-0.25, -0.2) is 5.84 Å². The van der Waals surface area contributed by atoms with Gasteiger partial charge in [0.25, 0.3) is 0 Å². The molecule has 1 aliphatic heterocycles. The van der Waals surface area contributed by atoms with Gasteiger partial charge >= 0.3 is 0 Å². The first-order chi connectivity index (χ1) is 8.72. The first-order valence-electron chi connectivity index (χ1n) is 6.08. The number of rotatable bonds is 5. The third-order valence-corrected chi connectivity index (χ3v) is 2.79. The Morgan fingerprint density at radius 2 is 1.94 bits per heavy atom. The van der Waals surface area contributed by atoms with Gasteiger partial charge in [0.2, 0.25) is 17.8 Å². The van der Waals surface area contributed by atoms with E-state index in [2.05, 4.69) is 30.6 Å². The van der Waals surface area contributed by atoms with Crippen molar-refractivity contribution in [2.75, 3.05) is 35.3 Å². The van der Waals surface area contributed by atoms with Gasteiger partial charge in [-0.2, -0.15) is 15.0 Å². The van der Waals surface area contributed by atoms with Crippen LogP contribution in [0.15, 0.2) is 0 Å². The fourth-order valence-corrected chi connectivity index (χ4v) is 1.82. The van der Waals surface area contributed by atoms with Gasteiger partial charge in [-0.05, 0) is 19.8 Å². The number of aromatic nitrogens is 3. The minimum absolute atomic E-state index is 0.0100. The van der Waals surface area contributed by atoms with Gasteiger partial charge in [-0.3, -0.25) is 5.43 Å². The van der Waals surface area contributed by atoms with E-state index in [9.17, 15) is 0 Å². The Bertz CT molecular complexity index is 394. The molecule has 8 nitrogen and oxygen atoms in total. The standard InChI is InChI=1S/C10H19N7O/c1-7(6-18)12-8-13-9(16-11)15-10(14-8)17-4-2-3-5-17/h7,18H,2-6,11H2,1H3,(H2,12,13,14,15,16). The third kappa shape index (κ3) is 2.96. The van der Waals surface area contributed by atoms with E-state index in [4.69, 9.17) is 10.9 Å². The van der Waals surface area contributed by atoms with Gasteiger partial charge in [0, 0.05) is 19.1 Å². The van der Waals surface area contributed by atoms with Crippen molar-refractivity contribution in [2.24, 2.45) is 5.84 Å². The maximum absolute atomic E-state index is 9.02. The van der Waals surface area contributed by atoms with Gasteiger partial charge in [0.05, 0.1) is 6.61 Å². The van der Waals surface area contributed by atoms with Crippen molar-refractivity contribution in [1.82, 2.24) is 15.0 Å². The zero-order chi connectivity index (χ0) is 13.0. The van der Waals surface area contributed by atoms with Crippen molar-refractivity contribution in [3.63, 3.8) is 0 Å².